The second-order valence-electron chi connectivity index (χ2n) is 4.43. The number of carbonyl (C=O) groups is 1. The molecule has 0 aliphatic carbocycles. The van der Waals surface area contributed by atoms with E-state index in [0.717, 1.165) is 6.54 Å². The number of nitrogens with zero attached hydrogens (tertiary/aromatic N) is 2. The van der Waals surface area contributed by atoms with Gasteiger partial charge in [-0.1, -0.05) is 6.92 Å². The average molecular weight is 254 g/mol. The summed E-state index contributed by atoms with van der Waals surface area (Å²) in [5.41, 5.74) is 5.46. The van der Waals surface area contributed by atoms with Gasteiger partial charge in [0.05, 0.1) is 12.5 Å². The maximum absolute atomic E-state index is 11.6. The zero-order chi connectivity index (χ0) is 13.4. The van der Waals surface area contributed by atoms with Crippen molar-refractivity contribution >= 4 is 5.91 Å². The number of amides is 1. The van der Waals surface area contributed by atoms with Crippen molar-refractivity contribution in [3.8, 4) is 0 Å². The predicted octanol–water partition coefficient (Wildman–Crippen LogP) is -0.000800. The normalized spacial score (nSPS) is 14.2. The van der Waals surface area contributed by atoms with Crippen molar-refractivity contribution in [1.82, 2.24) is 15.1 Å². The van der Waals surface area contributed by atoms with Crippen molar-refractivity contribution in [2.45, 2.75) is 26.0 Å². The Kier molecular flexibility index (Phi) is 6.38. The van der Waals surface area contributed by atoms with Crippen LogP contribution in [0.5, 0.6) is 0 Å². The Morgan fingerprint density at radius 3 is 2.94 bits per heavy atom. The van der Waals surface area contributed by atoms with E-state index >= 15 is 0 Å². The van der Waals surface area contributed by atoms with Crippen molar-refractivity contribution in [3.05, 3.63) is 18.5 Å². The van der Waals surface area contributed by atoms with Crippen molar-refractivity contribution in [1.29, 1.82) is 0 Å². The molecule has 1 aromatic rings. The van der Waals surface area contributed by atoms with Crippen LogP contribution in [0.15, 0.2) is 18.5 Å². The highest BCUT2D eigenvalue weighted by Gasteiger charge is 2.12. The van der Waals surface area contributed by atoms with Gasteiger partial charge in [-0.25, -0.2) is 0 Å². The lowest BCUT2D eigenvalue weighted by Gasteiger charge is -2.15. The van der Waals surface area contributed by atoms with Gasteiger partial charge < -0.3 is 15.8 Å². The molecule has 0 aliphatic rings. The minimum atomic E-state index is -0.202. The van der Waals surface area contributed by atoms with Gasteiger partial charge >= 0.3 is 0 Å². The first kappa shape index (κ1) is 14.7. The largest absolute Gasteiger partial charge is 0.380 e. The third-order valence-corrected chi connectivity index (χ3v) is 2.71. The van der Waals surface area contributed by atoms with E-state index in [4.69, 9.17) is 10.5 Å². The molecule has 0 bridgehead atoms. The number of hydrogen-bond donors (Lipinski definition) is 2. The molecular weight excluding hydrogens is 232 g/mol. The predicted molar refractivity (Wildman–Crippen MR) is 68.9 cm³/mol. The van der Waals surface area contributed by atoms with Gasteiger partial charge in [-0.05, 0) is 12.0 Å². The number of aromatic nitrogens is 2. The van der Waals surface area contributed by atoms with E-state index in [-0.39, 0.29) is 12.0 Å². The van der Waals surface area contributed by atoms with Crippen LogP contribution < -0.4 is 11.1 Å². The lowest BCUT2D eigenvalue weighted by Crippen LogP contribution is -2.35. The van der Waals surface area contributed by atoms with E-state index in [1.54, 1.807) is 13.3 Å². The number of nitrogens with one attached hydrogen (secondary N) is 1. The minimum absolute atomic E-state index is 0.0281. The summed E-state index contributed by atoms with van der Waals surface area (Å²) >= 11 is 0. The smallest absolute Gasteiger partial charge is 0.222 e. The molecule has 0 spiro atoms. The molecular formula is C12H22N4O2. The zero-order valence-corrected chi connectivity index (χ0v) is 11.0. The summed E-state index contributed by atoms with van der Waals surface area (Å²) in [6.45, 7) is 3.84. The summed E-state index contributed by atoms with van der Waals surface area (Å²) < 4.78 is 6.92. The highest BCUT2D eigenvalue weighted by molar-refractivity contribution is 5.76. The summed E-state index contributed by atoms with van der Waals surface area (Å²) in [7, 11) is 1.56. The highest BCUT2D eigenvalue weighted by Crippen LogP contribution is 1.99. The van der Waals surface area contributed by atoms with E-state index in [1.807, 2.05) is 16.9 Å². The van der Waals surface area contributed by atoms with Gasteiger partial charge in [-0.15, -0.1) is 0 Å². The van der Waals surface area contributed by atoms with Crippen LogP contribution >= 0.6 is 0 Å². The SMILES string of the molecule is COC(CN)CC(=O)NCC(C)Cn1cccn1. The number of hydrogen-bond acceptors (Lipinski definition) is 4. The van der Waals surface area contributed by atoms with E-state index in [1.165, 1.54) is 0 Å². The Bertz CT molecular complexity index is 336. The summed E-state index contributed by atoms with van der Waals surface area (Å²) in [5, 5.41) is 7.00. The molecule has 2 atom stereocenters. The third kappa shape index (κ3) is 5.29. The maximum atomic E-state index is 11.6. The fraction of sp³-hybridized carbons (Fsp3) is 0.667. The first-order valence-electron chi connectivity index (χ1n) is 6.12. The van der Waals surface area contributed by atoms with Gasteiger partial charge in [0.2, 0.25) is 5.91 Å². The minimum Gasteiger partial charge on any atom is -0.380 e. The molecule has 0 radical (unpaired) electrons. The molecule has 0 saturated heterocycles. The molecule has 102 valence electrons. The molecule has 1 aromatic heterocycles. The summed E-state index contributed by atoms with van der Waals surface area (Å²) in [4.78, 5) is 11.6. The first-order valence-corrected chi connectivity index (χ1v) is 6.12. The van der Waals surface area contributed by atoms with E-state index in [2.05, 4.69) is 17.3 Å². The van der Waals surface area contributed by atoms with Crippen molar-refractivity contribution in [2.75, 3.05) is 20.2 Å². The molecule has 3 N–H and O–H groups in total. The van der Waals surface area contributed by atoms with Crippen LogP contribution in [-0.2, 0) is 16.1 Å². The van der Waals surface area contributed by atoms with Crippen LogP contribution in [0, 0.1) is 5.92 Å². The molecule has 0 aromatic carbocycles. The van der Waals surface area contributed by atoms with Gasteiger partial charge in [0.15, 0.2) is 0 Å². The zero-order valence-electron chi connectivity index (χ0n) is 11.0. The fourth-order valence-electron chi connectivity index (χ4n) is 1.62. The molecule has 0 aliphatic heterocycles. The van der Waals surface area contributed by atoms with Crippen LogP contribution in [0.4, 0.5) is 0 Å². The fourth-order valence-corrected chi connectivity index (χ4v) is 1.62. The van der Waals surface area contributed by atoms with Gasteiger partial charge in [0.1, 0.15) is 0 Å². The number of rotatable bonds is 8. The molecule has 18 heavy (non-hydrogen) atoms. The standard InChI is InChI=1S/C12H22N4O2/c1-10(9-16-5-3-4-15-16)8-14-12(17)6-11(7-13)18-2/h3-5,10-11H,6-9,13H2,1-2H3,(H,14,17). The van der Waals surface area contributed by atoms with Crippen LogP contribution in [-0.4, -0.2) is 42.0 Å². The number of ether oxygens (including phenoxy) is 1. The average Bonchev–Trinajstić information content (AvgIpc) is 2.86. The third-order valence-electron chi connectivity index (χ3n) is 2.71. The second kappa shape index (κ2) is 7.84. The molecule has 1 rings (SSSR count). The summed E-state index contributed by atoms with van der Waals surface area (Å²) in [6.07, 6.45) is 3.76. The Labute approximate surface area is 107 Å². The van der Waals surface area contributed by atoms with E-state index < -0.39 is 0 Å². The van der Waals surface area contributed by atoms with Gasteiger partial charge in [0, 0.05) is 39.1 Å². The van der Waals surface area contributed by atoms with Crippen molar-refractivity contribution in [2.24, 2.45) is 11.7 Å². The van der Waals surface area contributed by atoms with Crippen LogP contribution in [0.25, 0.3) is 0 Å². The molecule has 2 unspecified atom stereocenters. The number of carbonyl (C=O) groups excluding carboxylic acids is 1. The molecule has 1 amide bonds. The van der Waals surface area contributed by atoms with Gasteiger partial charge in [-0.2, -0.15) is 5.10 Å². The van der Waals surface area contributed by atoms with Gasteiger partial charge in [0.25, 0.3) is 0 Å². The molecule has 1 heterocycles. The van der Waals surface area contributed by atoms with E-state index in [0.29, 0.717) is 25.4 Å². The summed E-state index contributed by atoms with van der Waals surface area (Å²) in [5.74, 6) is 0.298. The monoisotopic (exact) mass is 254 g/mol. The highest BCUT2D eigenvalue weighted by atomic mass is 16.5. The Hall–Kier alpha value is -1.40. The van der Waals surface area contributed by atoms with Crippen LogP contribution in [0.3, 0.4) is 0 Å². The first-order chi connectivity index (χ1) is 8.65. The number of methoxy groups -OCH3 is 1. The van der Waals surface area contributed by atoms with Crippen molar-refractivity contribution in [3.63, 3.8) is 0 Å². The molecule has 6 heteroatoms. The Morgan fingerprint density at radius 2 is 2.39 bits per heavy atom. The Morgan fingerprint density at radius 1 is 1.61 bits per heavy atom. The topological polar surface area (TPSA) is 82.2 Å². The second-order valence-corrected chi connectivity index (χ2v) is 4.43. The van der Waals surface area contributed by atoms with Crippen LogP contribution in [0.1, 0.15) is 13.3 Å². The maximum Gasteiger partial charge on any atom is 0.222 e. The lowest BCUT2D eigenvalue weighted by molar-refractivity contribution is -0.123. The Balaban J connectivity index is 2.21. The molecule has 0 fully saturated rings. The van der Waals surface area contributed by atoms with Crippen molar-refractivity contribution < 1.29 is 9.53 Å². The quantitative estimate of drug-likeness (QED) is 0.684. The van der Waals surface area contributed by atoms with Crippen LogP contribution in [0.2, 0.25) is 0 Å². The summed E-state index contributed by atoms with van der Waals surface area (Å²) in [6, 6.07) is 1.88. The lowest BCUT2D eigenvalue weighted by atomic mass is 10.1. The van der Waals surface area contributed by atoms with E-state index in [9.17, 15) is 4.79 Å². The number of nitrogens with two attached hydrogens (primary N) is 1. The molecule has 6 nitrogen and oxygen atoms in total. The molecule has 0 saturated carbocycles. The van der Waals surface area contributed by atoms with Gasteiger partial charge in [-0.3, -0.25) is 9.48 Å².